The highest BCUT2D eigenvalue weighted by atomic mass is 16.6. The van der Waals surface area contributed by atoms with Gasteiger partial charge in [0.2, 0.25) is 11.6 Å². The largest absolute Gasteiger partial charge is 0.495 e. The molecule has 0 spiro atoms. The second kappa shape index (κ2) is 8.50. The maximum absolute atomic E-state index is 6.34. The molecule has 0 fully saturated rings. The number of benzene rings is 1. The van der Waals surface area contributed by atoms with E-state index in [1.807, 2.05) is 35.8 Å². The number of methoxy groups -OCH3 is 3. The molecule has 0 saturated heterocycles. The van der Waals surface area contributed by atoms with Gasteiger partial charge in [0.15, 0.2) is 23.3 Å². The molecule has 0 saturated carbocycles. The third kappa shape index (κ3) is 3.86. The van der Waals surface area contributed by atoms with Crippen molar-refractivity contribution in [1.29, 1.82) is 0 Å². The zero-order valence-corrected chi connectivity index (χ0v) is 18.8. The van der Waals surface area contributed by atoms with E-state index in [9.17, 15) is 0 Å². The summed E-state index contributed by atoms with van der Waals surface area (Å²) in [6.45, 7) is 2.51. The van der Waals surface area contributed by atoms with Gasteiger partial charge in [0.05, 0.1) is 40.4 Å². The van der Waals surface area contributed by atoms with Gasteiger partial charge in [-0.15, -0.1) is 0 Å². The summed E-state index contributed by atoms with van der Waals surface area (Å²) >= 11 is 0. The van der Waals surface area contributed by atoms with E-state index in [1.54, 1.807) is 46.1 Å². The molecule has 0 bridgehead atoms. The summed E-state index contributed by atoms with van der Waals surface area (Å²) in [6, 6.07) is 9.50. The molecule has 0 aliphatic carbocycles. The van der Waals surface area contributed by atoms with Crippen LogP contribution in [-0.2, 0) is 6.54 Å². The molecule has 33 heavy (non-hydrogen) atoms. The Morgan fingerprint density at radius 3 is 2.55 bits per heavy atom. The van der Waals surface area contributed by atoms with E-state index in [2.05, 4.69) is 15.0 Å². The van der Waals surface area contributed by atoms with Gasteiger partial charge in [0.1, 0.15) is 17.4 Å². The average molecular weight is 448 g/mol. The fourth-order valence-electron chi connectivity index (χ4n) is 3.94. The van der Waals surface area contributed by atoms with Gasteiger partial charge < -0.3 is 28.3 Å². The average Bonchev–Trinajstić information content (AvgIpc) is 3.24. The standard InChI is InChI=1S/C24H24N4O5/c1-14-22(16-5-6-21(31-4)25-10-16)33-23-19(30-3)7-15(8-20(23)32-14)12-28-13-27-18-9-17(29-2)11-26-24(18)28/h5-11,13-14,22H,12H2,1-4H3/t14-,22-/m0/s1. The van der Waals surface area contributed by atoms with Crippen LogP contribution in [0.15, 0.2) is 49.1 Å². The van der Waals surface area contributed by atoms with Gasteiger partial charge in [-0.3, -0.25) is 0 Å². The normalized spacial score (nSPS) is 17.1. The van der Waals surface area contributed by atoms with Crippen molar-refractivity contribution in [1.82, 2.24) is 19.5 Å². The lowest BCUT2D eigenvalue weighted by Gasteiger charge is -2.33. The predicted octanol–water partition coefficient (Wildman–Crippen LogP) is 3.80. The summed E-state index contributed by atoms with van der Waals surface area (Å²) < 4.78 is 30.6. The minimum absolute atomic E-state index is 0.226. The first-order chi connectivity index (χ1) is 16.1. The van der Waals surface area contributed by atoms with Crippen LogP contribution in [0.3, 0.4) is 0 Å². The number of imidazole rings is 1. The monoisotopic (exact) mass is 448 g/mol. The minimum atomic E-state index is -0.326. The number of hydrogen-bond acceptors (Lipinski definition) is 8. The number of fused-ring (bicyclic) bond motifs is 2. The molecule has 0 unspecified atom stereocenters. The fraction of sp³-hybridized carbons (Fsp3) is 0.292. The smallest absolute Gasteiger partial charge is 0.212 e. The van der Waals surface area contributed by atoms with E-state index in [4.69, 9.17) is 23.7 Å². The molecule has 4 aromatic rings. The summed E-state index contributed by atoms with van der Waals surface area (Å²) in [5.41, 5.74) is 3.41. The van der Waals surface area contributed by atoms with Gasteiger partial charge in [-0.05, 0) is 30.7 Å². The van der Waals surface area contributed by atoms with Crippen LogP contribution in [0, 0.1) is 0 Å². The lowest BCUT2D eigenvalue weighted by atomic mass is 10.0. The van der Waals surface area contributed by atoms with Crippen LogP contribution < -0.4 is 23.7 Å². The highest BCUT2D eigenvalue weighted by Crippen LogP contribution is 2.46. The Hall–Kier alpha value is -4.01. The SMILES string of the molecule is COc1cnc2c(c1)ncn2Cc1cc(OC)c2c(c1)O[C@@H](C)[C@@H](c1ccc(OC)nc1)O2. The zero-order chi connectivity index (χ0) is 22.9. The van der Waals surface area contributed by atoms with Crippen LogP contribution in [0.2, 0.25) is 0 Å². The molecular formula is C24H24N4O5. The van der Waals surface area contributed by atoms with E-state index in [0.717, 1.165) is 22.3 Å². The molecule has 2 atom stereocenters. The predicted molar refractivity (Wildman–Crippen MR) is 120 cm³/mol. The molecule has 1 aliphatic heterocycles. The van der Waals surface area contributed by atoms with Crippen molar-refractivity contribution in [3.05, 3.63) is 60.2 Å². The van der Waals surface area contributed by atoms with E-state index < -0.39 is 0 Å². The van der Waals surface area contributed by atoms with Crippen LogP contribution in [0.1, 0.15) is 24.2 Å². The van der Waals surface area contributed by atoms with Crippen LogP contribution >= 0.6 is 0 Å². The van der Waals surface area contributed by atoms with Crippen LogP contribution in [0.25, 0.3) is 11.2 Å². The molecule has 170 valence electrons. The molecule has 3 aromatic heterocycles. The maximum atomic E-state index is 6.34. The summed E-state index contributed by atoms with van der Waals surface area (Å²) in [7, 11) is 4.81. The highest BCUT2D eigenvalue weighted by Gasteiger charge is 2.32. The van der Waals surface area contributed by atoms with Gasteiger partial charge in [-0.2, -0.15) is 0 Å². The number of nitrogens with zero attached hydrogens (tertiary/aromatic N) is 4. The first-order valence-electron chi connectivity index (χ1n) is 10.5. The topological polar surface area (TPSA) is 89.8 Å². The minimum Gasteiger partial charge on any atom is -0.495 e. The van der Waals surface area contributed by atoms with Crippen molar-refractivity contribution >= 4 is 11.2 Å². The molecular weight excluding hydrogens is 424 g/mol. The van der Waals surface area contributed by atoms with Crippen LogP contribution in [-0.4, -0.2) is 47.0 Å². The van der Waals surface area contributed by atoms with Gasteiger partial charge in [-0.1, -0.05) is 0 Å². The maximum Gasteiger partial charge on any atom is 0.212 e. The lowest BCUT2D eigenvalue weighted by molar-refractivity contribution is 0.0277. The number of aromatic nitrogens is 4. The Labute approximate surface area is 190 Å². The molecule has 0 radical (unpaired) electrons. The molecule has 0 amide bonds. The van der Waals surface area contributed by atoms with Crippen molar-refractivity contribution in [2.24, 2.45) is 0 Å². The van der Waals surface area contributed by atoms with E-state index in [-0.39, 0.29) is 12.2 Å². The lowest BCUT2D eigenvalue weighted by Crippen LogP contribution is -2.31. The number of pyridine rings is 2. The first-order valence-corrected chi connectivity index (χ1v) is 10.5. The summed E-state index contributed by atoms with van der Waals surface area (Å²) in [4.78, 5) is 13.2. The number of rotatable bonds is 6. The van der Waals surface area contributed by atoms with Gasteiger partial charge >= 0.3 is 0 Å². The molecule has 5 rings (SSSR count). The van der Waals surface area contributed by atoms with E-state index in [1.165, 1.54) is 0 Å². The third-order valence-electron chi connectivity index (χ3n) is 5.60. The highest BCUT2D eigenvalue weighted by molar-refractivity contribution is 5.72. The molecule has 9 heteroatoms. The van der Waals surface area contributed by atoms with Crippen molar-refractivity contribution in [3.63, 3.8) is 0 Å². The van der Waals surface area contributed by atoms with Crippen molar-refractivity contribution in [3.8, 4) is 28.9 Å². The van der Waals surface area contributed by atoms with E-state index >= 15 is 0 Å². The van der Waals surface area contributed by atoms with Crippen LogP contribution in [0.4, 0.5) is 0 Å². The summed E-state index contributed by atoms with van der Waals surface area (Å²) in [6.07, 6.45) is 4.63. The molecule has 1 aliphatic rings. The molecule has 0 N–H and O–H groups in total. The van der Waals surface area contributed by atoms with E-state index in [0.29, 0.717) is 35.4 Å². The fourth-order valence-corrected chi connectivity index (χ4v) is 3.94. The Balaban J connectivity index is 1.44. The Kier molecular flexibility index (Phi) is 5.37. The van der Waals surface area contributed by atoms with Crippen molar-refractivity contribution < 1.29 is 23.7 Å². The van der Waals surface area contributed by atoms with Gasteiger partial charge in [-0.25, -0.2) is 15.0 Å². The van der Waals surface area contributed by atoms with Gasteiger partial charge in [0, 0.05) is 23.9 Å². The number of ether oxygens (including phenoxy) is 5. The molecule has 1 aromatic carbocycles. The molecule has 4 heterocycles. The Morgan fingerprint density at radius 1 is 0.939 bits per heavy atom. The second-order valence-corrected chi connectivity index (χ2v) is 7.71. The second-order valence-electron chi connectivity index (χ2n) is 7.71. The third-order valence-corrected chi connectivity index (χ3v) is 5.60. The van der Waals surface area contributed by atoms with Crippen molar-refractivity contribution in [2.75, 3.05) is 21.3 Å². The van der Waals surface area contributed by atoms with Crippen molar-refractivity contribution in [2.45, 2.75) is 25.7 Å². The quantitative estimate of drug-likeness (QED) is 0.440. The van der Waals surface area contributed by atoms with Crippen LogP contribution in [0.5, 0.6) is 28.9 Å². The Bertz CT molecular complexity index is 1290. The summed E-state index contributed by atoms with van der Waals surface area (Å²) in [5.74, 6) is 3.02. The summed E-state index contributed by atoms with van der Waals surface area (Å²) in [5, 5.41) is 0. The first kappa shape index (κ1) is 20.9. The zero-order valence-electron chi connectivity index (χ0n) is 18.8. The molecule has 9 nitrogen and oxygen atoms in total. The Morgan fingerprint density at radius 2 is 1.82 bits per heavy atom. The van der Waals surface area contributed by atoms with Gasteiger partial charge in [0.25, 0.3) is 0 Å². The number of hydrogen-bond donors (Lipinski definition) is 0.